The largest absolute Gasteiger partial charge is 0.274 e. The summed E-state index contributed by atoms with van der Waals surface area (Å²) < 4.78 is 0. The third-order valence-corrected chi connectivity index (χ3v) is 2.54. The minimum Gasteiger partial charge on any atom is -0.274 e. The molecule has 0 spiro atoms. The van der Waals surface area contributed by atoms with Gasteiger partial charge in [0.2, 0.25) is 11.8 Å². The second kappa shape index (κ2) is 3.46. The minimum atomic E-state index is -0.484. The SMILES string of the molecule is O=C1CC(S)C(=O)N1c1ccccc1. The highest BCUT2D eigenvalue weighted by Gasteiger charge is 2.37. The van der Waals surface area contributed by atoms with Gasteiger partial charge in [0.1, 0.15) is 0 Å². The lowest BCUT2D eigenvalue weighted by Crippen LogP contribution is -2.30. The Bertz CT molecular complexity index is 377. The molecule has 72 valence electrons. The summed E-state index contributed by atoms with van der Waals surface area (Å²) in [5.41, 5.74) is 0.624. The fourth-order valence-electron chi connectivity index (χ4n) is 1.46. The Labute approximate surface area is 87.1 Å². The van der Waals surface area contributed by atoms with Crippen LogP contribution in [0.5, 0.6) is 0 Å². The zero-order valence-corrected chi connectivity index (χ0v) is 8.28. The summed E-state index contributed by atoms with van der Waals surface area (Å²) in [5, 5.41) is -0.484. The summed E-state index contributed by atoms with van der Waals surface area (Å²) in [5.74, 6) is -0.411. The molecular formula is C10H9NO2S. The number of carbonyl (C=O) groups excluding carboxylic acids is 2. The van der Waals surface area contributed by atoms with Crippen LogP contribution in [0.4, 0.5) is 5.69 Å². The molecule has 1 fully saturated rings. The van der Waals surface area contributed by atoms with Gasteiger partial charge >= 0.3 is 0 Å². The molecule has 0 N–H and O–H groups in total. The van der Waals surface area contributed by atoms with E-state index < -0.39 is 5.25 Å². The standard InChI is InChI=1S/C10H9NO2S/c12-9-6-8(14)10(13)11(9)7-4-2-1-3-5-7/h1-5,8,14H,6H2. The van der Waals surface area contributed by atoms with Gasteiger partial charge in [0.15, 0.2) is 0 Å². The van der Waals surface area contributed by atoms with Gasteiger partial charge in [0, 0.05) is 6.42 Å². The molecule has 4 heteroatoms. The van der Waals surface area contributed by atoms with Gasteiger partial charge in [-0.25, -0.2) is 4.90 Å². The van der Waals surface area contributed by atoms with E-state index in [1.807, 2.05) is 6.07 Å². The topological polar surface area (TPSA) is 37.4 Å². The highest BCUT2D eigenvalue weighted by molar-refractivity contribution is 7.82. The Kier molecular flexibility index (Phi) is 2.29. The van der Waals surface area contributed by atoms with Crippen molar-refractivity contribution in [1.29, 1.82) is 0 Å². The number of imide groups is 1. The average molecular weight is 207 g/mol. The predicted molar refractivity (Wildman–Crippen MR) is 56.3 cm³/mol. The summed E-state index contributed by atoms with van der Waals surface area (Å²) >= 11 is 4.04. The lowest BCUT2D eigenvalue weighted by Gasteiger charge is -2.13. The van der Waals surface area contributed by atoms with Gasteiger partial charge in [-0.3, -0.25) is 9.59 Å². The van der Waals surface area contributed by atoms with Crippen molar-refractivity contribution in [1.82, 2.24) is 0 Å². The lowest BCUT2D eigenvalue weighted by molar-refractivity contribution is -0.121. The highest BCUT2D eigenvalue weighted by Crippen LogP contribution is 2.24. The highest BCUT2D eigenvalue weighted by atomic mass is 32.1. The summed E-state index contributed by atoms with van der Waals surface area (Å²) in [6, 6.07) is 8.90. The first-order valence-electron chi connectivity index (χ1n) is 4.30. The number of para-hydroxylation sites is 1. The Morgan fingerprint density at radius 1 is 1.21 bits per heavy atom. The fourth-order valence-corrected chi connectivity index (χ4v) is 1.74. The van der Waals surface area contributed by atoms with E-state index in [2.05, 4.69) is 12.6 Å². The molecule has 1 atom stereocenters. The van der Waals surface area contributed by atoms with Crippen LogP contribution in [0.15, 0.2) is 30.3 Å². The number of nitrogens with zero attached hydrogens (tertiary/aromatic N) is 1. The van der Waals surface area contributed by atoms with Gasteiger partial charge in [-0.1, -0.05) is 18.2 Å². The molecule has 0 saturated carbocycles. The van der Waals surface area contributed by atoms with E-state index in [4.69, 9.17) is 0 Å². The lowest BCUT2D eigenvalue weighted by atomic mass is 10.3. The van der Waals surface area contributed by atoms with Crippen molar-refractivity contribution >= 4 is 30.1 Å². The third kappa shape index (κ3) is 1.42. The number of hydrogen-bond acceptors (Lipinski definition) is 3. The average Bonchev–Trinajstić information content (AvgIpc) is 2.43. The van der Waals surface area contributed by atoms with Crippen molar-refractivity contribution < 1.29 is 9.59 Å². The smallest absolute Gasteiger partial charge is 0.247 e. The molecule has 14 heavy (non-hydrogen) atoms. The Morgan fingerprint density at radius 3 is 2.36 bits per heavy atom. The van der Waals surface area contributed by atoms with Gasteiger partial charge in [-0.05, 0) is 12.1 Å². The monoisotopic (exact) mass is 207 g/mol. The van der Waals surface area contributed by atoms with E-state index >= 15 is 0 Å². The number of hydrogen-bond donors (Lipinski definition) is 1. The summed E-state index contributed by atoms with van der Waals surface area (Å²) in [4.78, 5) is 24.2. The van der Waals surface area contributed by atoms with Crippen LogP contribution in [0.25, 0.3) is 0 Å². The quantitative estimate of drug-likeness (QED) is 0.556. The van der Waals surface area contributed by atoms with Crippen molar-refractivity contribution in [3.05, 3.63) is 30.3 Å². The first kappa shape index (κ1) is 9.27. The molecule has 2 amide bonds. The Morgan fingerprint density at radius 2 is 1.86 bits per heavy atom. The molecule has 3 nitrogen and oxygen atoms in total. The molecule has 1 heterocycles. The predicted octanol–water partition coefficient (Wildman–Crippen LogP) is 1.25. The normalized spacial score (nSPS) is 21.8. The van der Waals surface area contributed by atoms with Crippen LogP contribution >= 0.6 is 12.6 Å². The number of benzene rings is 1. The Balaban J connectivity index is 2.36. The van der Waals surface area contributed by atoms with Crippen LogP contribution in [-0.2, 0) is 9.59 Å². The van der Waals surface area contributed by atoms with E-state index in [0.717, 1.165) is 0 Å². The number of rotatable bonds is 1. The molecule has 1 aliphatic heterocycles. The molecular weight excluding hydrogens is 198 g/mol. The molecule has 2 rings (SSSR count). The first-order valence-corrected chi connectivity index (χ1v) is 4.81. The first-order chi connectivity index (χ1) is 6.70. The van der Waals surface area contributed by atoms with Crippen LogP contribution in [0.3, 0.4) is 0 Å². The van der Waals surface area contributed by atoms with Gasteiger partial charge in [-0.2, -0.15) is 12.6 Å². The van der Waals surface area contributed by atoms with E-state index in [0.29, 0.717) is 5.69 Å². The second-order valence-corrected chi connectivity index (χ2v) is 3.75. The van der Waals surface area contributed by atoms with Crippen molar-refractivity contribution in [2.24, 2.45) is 0 Å². The molecule has 1 aromatic rings. The van der Waals surface area contributed by atoms with Crippen LogP contribution in [0.1, 0.15) is 6.42 Å². The van der Waals surface area contributed by atoms with E-state index in [1.165, 1.54) is 4.90 Å². The third-order valence-electron chi connectivity index (χ3n) is 2.14. The number of anilines is 1. The molecule has 1 saturated heterocycles. The molecule has 1 unspecified atom stereocenters. The number of amides is 2. The minimum absolute atomic E-state index is 0.179. The van der Waals surface area contributed by atoms with Crippen molar-refractivity contribution in [3.63, 3.8) is 0 Å². The maximum absolute atomic E-state index is 11.5. The Hall–Kier alpha value is -1.29. The van der Waals surface area contributed by atoms with Crippen LogP contribution in [0, 0.1) is 0 Å². The van der Waals surface area contributed by atoms with Crippen molar-refractivity contribution in [2.75, 3.05) is 4.90 Å². The van der Waals surface area contributed by atoms with Gasteiger partial charge in [0.05, 0.1) is 10.9 Å². The number of carbonyl (C=O) groups is 2. The molecule has 1 aromatic carbocycles. The molecule has 0 aliphatic carbocycles. The van der Waals surface area contributed by atoms with E-state index in [1.54, 1.807) is 24.3 Å². The second-order valence-electron chi connectivity index (χ2n) is 3.12. The zero-order chi connectivity index (χ0) is 10.1. The fraction of sp³-hybridized carbons (Fsp3) is 0.200. The van der Waals surface area contributed by atoms with Gasteiger partial charge in [-0.15, -0.1) is 0 Å². The van der Waals surface area contributed by atoms with Gasteiger partial charge in [0.25, 0.3) is 0 Å². The van der Waals surface area contributed by atoms with Gasteiger partial charge < -0.3 is 0 Å². The maximum atomic E-state index is 11.5. The van der Waals surface area contributed by atoms with E-state index in [9.17, 15) is 9.59 Å². The number of thiol groups is 1. The van der Waals surface area contributed by atoms with Crippen LogP contribution in [-0.4, -0.2) is 17.1 Å². The maximum Gasteiger partial charge on any atom is 0.247 e. The summed E-state index contributed by atoms with van der Waals surface area (Å²) in [7, 11) is 0. The molecule has 0 radical (unpaired) electrons. The molecule has 0 aromatic heterocycles. The molecule has 0 bridgehead atoms. The molecule has 1 aliphatic rings. The van der Waals surface area contributed by atoms with Crippen LogP contribution in [0.2, 0.25) is 0 Å². The summed E-state index contributed by atoms with van der Waals surface area (Å²) in [6.45, 7) is 0. The van der Waals surface area contributed by atoms with E-state index in [-0.39, 0.29) is 18.2 Å². The summed E-state index contributed by atoms with van der Waals surface area (Å²) in [6.07, 6.45) is 0.191. The van der Waals surface area contributed by atoms with Crippen molar-refractivity contribution in [2.45, 2.75) is 11.7 Å². The zero-order valence-electron chi connectivity index (χ0n) is 7.38. The van der Waals surface area contributed by atoms with Crippen LogP contribution < -0.4 is 4.90 Å². The van der Waals surface area contributed by atoms with Crippen molar-refractivity contribution in [3.8, 4) is 0 Å².